The van der Waals surface area contributed by atoms with Crippen molar-refractivity contribution in [3.05, 3.63) is 0 Å². The first-order valence-electron chi connectivity index (χ1n) is 6.34. The summed E-state index contributed by atoms with van der Waals surface area (Å²) in [5.41, 5.74) is 0. The van der Waals surface area contributed by atoms with E-state index in [1.165, 1.54) is 0 Å². The van der Waals surface area contributed by atoms with Crippen molar-refractivity contribution in [2.45, 2.75) is 39.2 Å². The summed E-state index contributed by atoms with van der Waals surface area (Å²) in [6.07, 6.45) is 2.58. The van der Waals surface area contributed by atoms with Crippen LogP contribution in [0.1, 0.15) is 33.1 Å². The molecule has 3 N–H and O–H groups in total. The maximum Gasteiger partial charge on any atom is 0.239 e. The van der Waals surface area contributed by atoms with Crippen molar-refractivity contribution in [3.8, 4) is 0 Å². The predicted octanol–water partition coefficient (Wildman–Crippen LogP) is 0.0169. The highest BCUT2D eigenvalue weighted by molar-refractivity contribution is 5.84. The number of carbonyl (C=O) groups is 2. The van der Waals surface area contributed by atoms with E-state index in [4.69, 9.17) is 0 Å². The maximum absolute atomic E-state index is 11.5. The van der Waals surface area contributed by atoms with Crippen LogP contribution in [0.5, 0.6) is 0 Å². The molecule has 0 aromatic heterocycles. The number of carbonyl (C=O) groups excluding carboxylic acids is 2. The summed E-state index contributed by atoms with van der Waals surface area (Å²) in [4.78, 5) is 22.8. The van der Waals surface area contributed by atoms with Gasteiger partial charge in [-0.1, -0.05) is 0 Å². The molecule has 0 aromatic rings. The van der Waals surface area contributed by atoms with Crippen molar-refractivity contribution in [1.82, 2.24) is 16.0 Å². The van der Waals surface area contributed by atoms with Gasteiger partial charge in [-0.05, 0) is 45.7 Å². The Bertz CT molecular complexity index is 260. The topological polar surface area (TPSA) is 70.2 Å². The molecule has 98 valence electrons. The fraction of sp³-hybridized carbons (Fsp3) is 0.833. The van der Waals surface area contributed by atoms with Crippen LogP contribution in [0.4, 0.5) is 0 Å². The fourth-order valence-corrected chi connectivity index (χ4v) is 1.94. The van der Waals surface area contributed by atoms with Crippen molar-refractivity contribution >= 4 is 11.8 Å². The summed E-state index contributed by atoms with van der Waals surface area (Å²) in [6.45, 7) is 5.95. The third-order valence-electron chi connectivity index (χ3n) is 2.84. The standard InChI is InChI=1S/C12H23N3O2/c1-9(2)15-12(17)8-14-11(16)4-3-10-5-6-13-7-10/h9-10,13H,3-8H2,1-2H3,(H,14,16)(H,15,17). The lowest BCUT2D eigenvalue weighted by Gasteiger charge is -2.10. The lowest BCUT2D eigenvalue weighted by molar-refractivity contribution is -0.126. The molecule has 5 nitrogen and oxygen atoms in total. The van der Waals surface area contributed by atoms with Gasteiger partial charge < -0.3 is 16.0 Å². The molecule has 1 atom stereocenters. The molecule has 1 aliphatic heterocycles. The Morgan fingerprint density at radius 2 is 2.12 bits per heavy atom. The van der Waals surface area contributed by atoms with Gasteiger partial charge in [0.05, 0.1) is 6.54 Å². The van der Waals surface area contributed by atoms with Gasteiger partial charge in [0.2, 0.25) is 11.8 Å². The largest absolute Gasteiger partial charge is 0.352 e. The second-order valence-corrected chi connectivity index (χ2v) is 4.90. The van der Waals surface area contributed by atoms with Crippen LogP contribution in [0.2, 0.25) is 0 Å². The van der Waals surface area contributed by atoms with Crippen molar-refractivity contribution < 1.29 is 9.59 Å². The van der Waals surface area contributed by atoms with E-state index in [9.17, 15) is 9.59 Å². The molecule has 0 aromatic carbocycles. The summed E-state index contributed by atoms with van der Waals surface area (Å²) >= 11 is 0. The molecular weight excluding hydrogens is 218 g/mol. The molecule has 2 amide bonds. The smallest absolute Gasteiger partial charge is 0.239 e. The van der Waals surface area contributed by atoms with E-state index >= 15 is 0 Å². The molecule has 0 spiro atoms. The van der Waals surface area contributed by atoms with Gasteiger partial charge >= 0.3 is 0 Å². The van der Waals surface area contributed by atoms with Crippen LogP contribution in [0.15, 0.2) is 0 Å². The van der Waals surface area contributed by atoms with Crippen LogP contribution >= 0.6 is 0 Å². The van der Waals surface area contributed by atoms with Crippen LogP contribution < -0.4 is 16.0 Å². The minimum atomic E-state index is -0.129. The minimum Gasteiger partial charge on any atom is -0.352 e. The summed E-state index contributed by atoms with van der Waals surface area (Å²) in [6, 6.07) is 0.115. The van der Waals surface area contributed by atoms with Gasteiger partial charge in [-0.2, -0.15) is 0 Å². The fourth-order valence-electron chi connectivity index (χ4n) is 1.94. The first-order valence-corrected chi connectivity index (χ1v) is 6.34. The first-order chi connectivity index (χ1) is 8.08. The Hall–Kier alpha value is -1.10. The number of nitrogens with one attached hydrogen (secondary N) is 3. The average molecular weight is 241 g/mol. The number of hydrogen-bond donors (Lipinski definition) is 3. The van der Waals surface area contributed by atoms with Crippen LogP contribution in [0.3, 0.4) is 0 Å². The molecule has 0 bridgehead atoms. The SMILES string of the molecule is CC(C)NC(=O)CNC(=O)CCC1CCNC1. The summed E-state index contributed by atoms with van der Waals surface area (Å²) < 4.78 is 0. The lowest BCUT2D eigenvalue weighted by atomic mass is 10.0. The van der Waals surface area contributed by atoms with E-state index in [1.807, 2.05) is 13.8 Å². The zero-order valence-corrected chi connectivity index (χ0v) is 10.7. The highest BCUT2D eigenvalue weighted by Crippen LogP contribution is 2.13. The Kier molecular flexibility index (Phi) is 5.97. The number of rotatable bonds is 6. The Balaban J connectivity index is 2.06. The number of hydrogen-bond acceptors (Lipinski definition) is 3. The second-order valence-electron chi connectivity index (χ2n) is 4.90. The second kappa shape index (κ2) is 7.27. The first kappa shape index (κ1) is 14.0. The van der Waals surface area contributed by atoms with Gasteiger partial charge in [0.25, 0.3) is 0 Å². The van der Waals surface area contributed by atoms with Crippen molar-refractivity contribution in [2.24, 2.45) is 5.92 Å². The monoisotopic (exact) mass is 241 g/mol. The van der Waals surface area contributed by atoms with Crippen molar-refractivity contribution in [1.29, 1.82) is 0 Å². The van der Waals surface area contributed by atoms with Crippen molar-refractivity contribution in [2.75, 3.05) is 19.6 Å². The molecule has 0 saturated carbocycles. The molecule has 1 unspecified atom stereocenters. The quantitative estimate of drug-likeness (QED) is 0.614. The van der Waals surface area contributed by atoms with Crippen LogP contribution in [0.25, 0.3) is 0 Å². The van der Waals surface area contributed by atoms with Gasteiger partial charge in [0.1, 0.15) is 0 Å². The van der Waals surface area contributed by atoms with E-state index in [-0.39, 0.29) is 24.4 Å². The molecule has 1 saturated heterocycles. The van der Waals surface area contributed by atoms with Crippen LogP contribution in [-0.2, 0) is 9.59 Å². The zero-order valence-electron chi connectivity index (χ0n) is 10.7. The van der Waals surface area contributed by atoms with E-state index in [1.54, 1.807) is 0 Å². The normalized spacial score (nSPS) is 19.4. The minimum absolute atomic E-state index is 0.0317. The van der Waals surface area contributed by atoms with Gasteiger partial charge in [-0.25, -0.2) is 0 Å². The number of amides is 2. The van der Waals surface area contributed by atoms with Gasteiger partial charge in [-0.3, -0.25) is 9.59 Å². The molecule has 1 rings (SSSR count). The van der Waals surface area contributed by atoms with Gasteiger partial charge in [0, 0.05) is 12.5 Å². The summed E-state index contributed by atoms with van der Waals surface area (Å²) in [5, 5.41) is 8.64. The Labute approximate surface area is 103 Å². The molecule has 1 heterocycles. The molecule has 1 aliphatic rings. The van der Waals surface area contributed by atoms with E-state index in [0.717, 1.165) is 25.9 Å². The molecule has 1 fully saturated rings. The predicted molar refractivity (Wildman–Crippen MR) is 66.5 cm³/mol. The lowest BCUT2D eigenvalue weighted by Crippen LogP contribution is -2.39. The Morgan fingerprint density at radius 1 is 1.35 bits per heavy atom. The van der Waals surface area contributed by atoms with Crippen molar-refractivity contribution in [3.63, 3.8) is 0 Å². The maximum atomic E-state index is 11.5. The van der Waals surface area contributed by atoms with E-state index in [0.29, 0.717) is 12.3 Å². The van der Waals surface area contributed by atoms with Gasteiger partial charge in [-0.15, -0.1) is 0 Å². The molecule has 17 heavy (non-hydrogen) atoms. The molecule has 0 radical (unpaired) electrons. The Morgan fingerprint density at radius 3 is 2.71 bits per heavy atom. The zero-order chi connectivity index (χ0) is 12.7. The third-order valence-corrected chi connectivity index (χ3v) is 2.84. The van der Waals surface area contributed by atoms with E-state index < -0.39 is 0 Å². The van der Waals surface area contributed by atoms with E-state index in [2.05, 4.69) is 16.0 Å². The molecule has 0 aliphatic carbocycles. The third kappa shape index (κ3) is 6.26. The highest BCUT2D eigenvalue weighted by Gasteiger charge is 2.15. The van der Waals surface area contributed by atoms with Crippen LogP contribution in [-0.4, -0.2) is 37.5 Å². The average Bonchev–Trinajstić information content (AvgIpc) is 2.75. The molecule has 5 heteroatoms. The summed E-state index contributed by atoms with van der Waals surface area (Å²) in [5.74, 6) is 0.455. The highest BCUT2D eigenvalue weighted by atomic mass is 16.2. The molecular formula is C12H23N3O2. The van der Waals surface area contributed by atoms with Crippen LogP contribution in [0, 0.1) is 5.92 Å². The summed E-state index contributed by atoms with van der Waals surface area (Å²) in [7, 11) is 0. The van der Waals surface area contributed by atoms with Gasteiger partial charge in [0.15, 0.2) is 0 Å².